The highest BCUT2D eigenvalue weighted by atomic mass is 16.1. The van der Waals surface area contributed by atoms with Gasteiger partial charge in [-0.2, -0.15) is 0 Å². The third kappa shape index (κ3) is 2.97. The lowest BCUT2D eigenvalue weighted by Crippen LogP contribution is -2.13. The fourth-order valence-electron chi connectivity index (χ4n) is 2.64. The van der Waals surface area contributed by atoms with Gasteiger partial charge in [0.05, 0.1) is 11.4 Å². The predicted molar refractivity (Wildman–Crippen MR) is 94.1 cm³/mol. The standard InChI is InChI=1S/C19H19N3O/c1-13-7-8-14(2)22(13)16-11-9-15(10-12-16)19(23)21-18-6-4-3-5-17(18)20/h3-12H,20H2,1-2H3,(H,21,23). The van der Waals surface area contributed by atoms with E-state index >= 15 is 0 Å². The molecule has 0 fully saturated rings. The summed E-state index contributed by atoms with van der Waals surface area (Å²) in [5.41, 5.74) is 11.0. The number of aryl methyl sites for hydroxylation is 2. The Morgan fingerprint density at radius 2 is 1.52 bits per heavy atom. The number of para-hydroxylation sites is 2. The van der Waals surface area contributed by atoms with Crippen molar-refractivity contribution < 1.29 is 4.79 Å². The Bertz CT molecular complexity index is 828. The molecule has 0 saturated carbocycles. The maximum atomic E-state index is 12.3. The summed E-state index contributed by atoms with van der Waals surface area (Å²) in [5.74, 6) is -0.171. The number of nitrogen functional groups attached to an aromatic ring is 1. The SMILES string of the molecule is Cc1ccc(C)n1-c1ccc(C(=O)Nc2ccccc2N)cc1. The van der Waals surface area contributed by atoms with Gasteiger partial charge < -0.3 is 15.6 Å². The Labute approximate surface area is 135 Å². The predicted octanol–water partition coefficient (Wildman–Crippen LogP) is 3.93. The first-order chi connectivity index (χ1) is 11.1. The molecule has 3 aromatic rings. The van der Waals surface area contributed by atoms with Crippen LogP contribution in [-0.2, 0) is 0 Å². The second kappa shape index (κ2) is 6.01. The first-order valence-corrected chi connectivity index (χ1v) is 7.47. The summed E-state index contributed by atoms with van der Waals surface area (Å²) in [7, 11) is 0. The summed E-state index contributed by atoms with van der Waals surface area (Å²) in [5, 5.41) is 2.83. The fraction of sp³-hybridized carbons (Fsp3) is 0.105. The third-order valence-electron chi connectivity index (χ3n) is 3.87. The van der Waals surface area contributed by atoms with Crippen LogP contribution in [0.2, 0.25) is 0 Å². The van der Waals surface area contributed by atoms with E-state index in [9.17, 15) is 4.79 Å². The van der Waals surface area contributed by atoms with Gasteiger partial charge in [0.2, 0.25) is 0 Å². The molecule has 4 heteroatoms. The Hall–Kier alpha value is -3.01. The van der Waals surface area contributed by atoms with Crippen LogP contribution < -0.4 is 11.1 Å². The molecule has 0 aliphatic carbocycles. The molecule has 3 rings (SSSR count). The molecule has 0 atom stereocenters. The monoisotopic (exact) mass is 305 g/mol. The van der Waals surface area contributed by atoms with Gasteiger partial charge in [-0.25, -0.2) is 0 Å². The van der Waals surface area contributed by atoms with Crippen molar-refractivity contribution in [2.45, 2.75) is 13.8 Å². The zero-order valence-corrected chi connectivity index (χ0v) is 13.2. The molecule has 1 amide bonds. The quantitative estimate of drug-likeness (QED) is 0.720. The molecule has 0 spiro atoms. The number of rotatable bonds is 3. The molecule has 2 aromatic carbocycles. The minimum absolute atomic E-state index is 0.171. The summed E-state index contributed by atoms with van der Waals surface area (Å²) >= 11 is 0. The normalized spacial score (nSPS) is 10.5. The number of hydrogen-bond donors (Lipinski definition) is 2. The van der Waals surface area contributed by atoms with Crippen LogP contribution in [0, 0.1) is 13.8 Å². The fourth-order valence-corrected chi connectivity index (χ4v) is 2.64. The van der Waals surface area contributed by atoms with Gasteiger partial charge in [-0.1, -0.05) is 12.1 Å². The van der Waals surface area contributed by atoms with Crippen molar-refractivity contribution in [1.82, 2.24) is 4.57 Å². The molecular formula is C19H19N3O. The van der Waals surface area contributed by atoms with E-state index in [1.165, 1.54) is 0 Å². The molecule has 116 valence electrons. The van der Waals surface area contributed by atoms with Gasteiger partial charge in [-0.3, -0.25) is 4.79 Å². The lowest BCUT2D eigenvalue weighted by Gasteiger charge is -2.11. The van der Waals surface area contributed by atoms with Crippen molar-refractivity contribution in [1.29, 1.82) is 0 Å². The van der Waals surface area contributed by atoms with E-state index in [4.69, 9.17) is 5.73 Å². The highest BCUT2D eigenvalue weighted by Gasteiger charge is 2.09. The summed E-state index contributed by atoms with van der Waals surface area (Å²) < 4.78 is 2.15. The van der Waals surface area contributed by atoms with Crippen LogP contribution in [0.5, 0.6) is 0 Å². The molecule has 4 nitrogen and oxygen atoms in total. The number of amides is 1. The summed E-state index contributed by atoms with van der Waals surface area (Å²) in [6.45, 7) is 4.12. The lowest BCUT2D eigenvalue weighted by atomic mass is 10.1. The van der Waals surface area contributed by atoms with E-state index in [1.807, 2.05) is 36.4 Å². The second-order valence-electron chi connectivity index (χ2n) is 5.54. The minimum atomic E-state index is -0.171. The van der Waals surface area contributed by atoms with Crippen LogP contribution in [0.4, 0.5) is 11.4 Å². The van der Waals surface area contributed by atoms with E-state index in [-0.39, 0.29) is 5.91 Å². The van der Waals surface area contributed by atoms with Crippen LogP contribution in [-0.4, -0.2) is 10.5 Å². The maximum absolute atomic E-state index is 12.3. The van der Waals surface area contributed by atoms with Crippen molar-refractivity contribution in [3.8, 4) is 5.69 Å². The molecule has 0 radical (unpaired) electrons. The van der Waals surface area contributed by atoms with Gasteiger partial charge in [-0.05, 0) is 62.4 Å². The van der Waals surface area contributed by atoms with Crippen LogP contribution in [0.1, 0.15) is 21.7 Å². The van der Waals surface area contributed by atoms with Crippen LogP contribution in [0.3, 0.4) is 0 Å². The number of aromatic nitrogens is 1. The second-order valence-corrected chi connectivity index (χ2v) is 5.54. The van der Waals surface area contributed by atoms with Gasteiger partial charge in [-0.15, -0.1) is 0 Å². The molecule has 0 unspecified atom stereocenters. The molecule has 1 heterocycles. The number of nitrogens with two attached hydrogens (primary N) is 1. The topological polar surface area (TPSA) is 60.0 Å². The molecule has 0 aliphatic rings. The highest BCUT2D eigenvalue weighted by molar-refractivity contribution is 6.05. The highest BCUT2D eigenvalue weighted by Crippen LogP contribution is 2.20. The Kier molecular flexibility index (Phi) is 3.89. The number of benzene rings is 2. The smallest absolute Gasteiger partial charge is 0.255 e. The van der Waals surface area contributed by atoms with Gasteiger partial charge in [0.25, 0.3) is 5.91 Å². The van der Waals surface area contributed by atoms with Crippen LogP contribution in [0.25, 0.3) is 5.69 Å². The molecule has 3 N–H and O–H groups in total. The van der Waals surface area contributed by atoms with Crippen molar-refractivity contribution in [2.24, 2.45) is 0 Å². The third-order valence-corrected chi connectivity index (χ3v) is 3.87. The van der Waals surface area contributed by atoms with Gasteiger partial charge in [0.1, 0.15) is 0 Å². The molecular weight excluding hydrogens is 286 g/mol. The Morgan fingerprint density at radius 3 is 2.13 bits per heavy atom. The largest absolute Gasteiger partial charge is 0.397 e. The van der Waals surface area contributed by atoms with Crippen LogP contribution >= 0.6 is 0 Å². The van der Waals surface area contributed by atoms with Crippen molar-refractivity contribution in [3.63, 3.8) is 0 Å². The number of nitrogens with zero attached hydrogens (tertiary/aromatic N) is 1. The minimum Gasteiger partial charge on any atom is -0.397 e. The van der Waals surface area contributed by atoms with E-state index in [0.29, 0.717) is 16.9 Å². The Balaban J connectivity index is 1.82. The zero-order chi connectivity index (χ0) is 16.4. The molecule has 0 saturated heterocycles. The number of anilines is 2. The van der Waals surface area contributed by atoms with Crippen molar-refractivity contribution in [2.75, 3.05) is 11.1 Å². The maximum Gasteiger partial charge on any atom is 0.255 e. The van der Waals surface area contributed by atoms with E-state index in [2.05, 4.69) is 35.9 Å². The van der Waals surface area contributed by atoms with Crippen molar-refractivity contribution >= 4 is 17.3 Å². The average Bonchev–Trinajstić information content (AvgIpc) is 2.88. The Morgan fingerprint density at radius 1 is 0.913 bits per heavy atom. The van der Waals surface area contributed by atoms with E-state index in [1.54, 1.807) is 12.1 Å². The molecule has 1 aromatic heterocycles. The summed E-state index contributed by atoms with van der Waals surface area (Å²) in [4.78, 5) is 12.3. The van der Waals surface area contributed by atoms with Gasteiger partial charge >= 0.3 is 0 Å². The number of carbonyl (C=O) groups excluding carboxylic acids is 1. The van der Waals surface area contributed by atoms with E-state index in [0.717, 1.165) is 17.1 Å². The molecule has 0 bridgehead atoms. The van der Waals surface area contributed by atoms with Gasteiger partial charge in [0, 0.05) is 22.6 Å². The zero-order valence-electron chi connectivity index (χ0n) is 13.2. The number of nitrogens with one attached hydrogen (secondary N) is 1. The average molecular weight is 305 g/mol. The summed E-state index contributed by atoms with van der Waals surface area (Å²) in [6, 6.07) is 18.9. The number of hydrogen-bond acceptors (Lipinski definition) is 2. The van der Waals surface area contributed by atoms with Crippen molar-refractivity contribution in [3.05, 3.63) is 77.6 Å². The van der Waals surface area contributed by atoms with Crippen LogP contribution in [0.15, 0.2) is 60.7 Å². The molecule has 0 aliphatic heterocycles. The number of carbonyl (C=O) groups is 1. The first kappa shape index (κ1) is 14.9. The van der Waals surface area contributed by atoms with Gasteiger partial charge in [0.15, 0.2) is 0 Å². The lowest BCUT2D eigenvalue weighted by molar-refractivity contribution is 0.102. The first-order valence-electron chi connectivity index (χ1n) is 7.47. The van der Waals surface area contributed by atoms with E-state index < -0.39 is 0 Å². The molecule has 23 heavy (non-hydrogen) atoms. The summed E-state index contributed by atoms with van der Waals surface area (Å²) in [6.07, 6.45) is 0.